The summed E-state index contributed by atoms with van der Waals surface area (Å²) in [7, 11) is 1.62. The number of nitrogens with one attached hydrogen (secondary N) is 1. The molecule has 0 radical (unpaired) electrons. The van der Waals surface area contributed by atoms with Gasteiger partial charge in [0.05, 0.1) is 37.7 Å². The highest BCUT2D eigenvalue weighted by atomic mass is 16.5. The van der Waals surface area contributed by atoms with E-state index < -0.39 is 18.0 Å². The van der Waals surface area contributed by atoms with Gasteiger partial charge in [-0.1, -0.05) is 36.4 Å². The van der Waals surface area contributed by atoms with Crippen LogP contribution in [0.5, 0.6) is 5.75 Å². The van der Waals surface area contributed by atoms with Gasteiger partial charge in [-0.3, -0.25) is 9.59 Å². The Bertz CT molecular complexity index is 1650. The highest BCUT2D eigenvalue weighted by molar-refractivity contribution is 5.93. The fourth-order valence-electron chi connectivity index (χ4n) is 5.25. The molecule has 9 heteroatoms. The van der Waals surface area contributed by atoms with Crippen LogP contribution in [0.2, 0.25) is 0 Å². The van der Waals surface area contributed by atoms with Gasteiger partial charge in [0.2, 0.25) is 11.8 Å². The average Bonchev–Trinajstić information content (AvgIpc) is 3.47. The van der Waals surface area contributed by atoms with Crippen LogP contribution in [0.25, 0.3) is 16.1 Å². The van der Waals surface area contributed by atoms with Crippen molar-refractivity contribution in [1.29, 1.82) is 0 Å². The summed E-state index contributed by atoms with van der Waals surface area (Å²) in [5, 5.41) is 0. The molecule has 216 valence electrons. The predicted molar refractivity (Wildman–Crippen MR) is 163 cm³/mol. The van der Waals surface area contributed by atoms with Gasteiger partial charge >= 0.3 is 0 Å². The standard InChI is InChI=1S/C33H36N6O3/c1-19-14-24(31(35)40)15-20(2)26(19)16-27(34)33(41)39(18-23-11-12-30(42-6)21(3)13-23)22(4)32-37-17-29(38-32)25-9-7-8-10-28(25)36-5/h7-15,17,22,27H,16,18,34H2,1-4,6H3,(H2,35,40)(H,37,38)/t22-,27-/m0/s1. The number of amides is 2. The number of hydrogen-bond donors (Lipinski definition) is 3. The van der Waals surface area contributed by atoms with Crippen LogP contribution in [0.15, 0.2) is 60.8 Å². The fourth-order valence-corrected chi connectivity index (χ4v) is 5.25. The van der Waals surface area contributed by atoms with Gasteiger partial charge in [0.15, 0.2) is 5.69 Å². The molecular formula is C33H36N6O3. The molecule has 9 nitrogen and oxygen atoms in total. The summed E-state index contributed by atoms with van der Waals surface area (Å²) >= 11 is 0. The summed E-state index contributed by atoms with van der Waals surface area (Å²) in [5.74, 6) is 0.600. The van der Waals surface area contributed by atoms with Crippen molar-refractivity contribution in [3.8, 4) is 17.0 Å². The van der Waals surface area contributed by atoms with E-state index in [4.69, 9.17) is 22.8 Å². The Kier molecular flexibility index (Phi) is 9.09. The lowest BCUT2D eigenvalue weighted by Crippen LogP contribution is -2.46. The van der Waals surface area contributed by atoms with Gasteiger partial charge in [-0.2, -0.15) is 0 Å². The average molecular weight is 565 g/mol. The van der Waals surface area contributed by atoms with E-state index >= 15 is 0 Å². The molecule has 4 aromatic rings. The predicted octanol–water partition coefficient (Wildman–Crippen LogP) is 5.32. The number of nitrogens with zero attached hydrogens (tertiary/aromatic N) is 3. The molecule has 0 saturated heterocycles. The van der Waals surface area contributed by atoms with Gasteiger partial charge in [-0.15, -0.1) is 0 Å². The molecule has 2 atom stereocenters. The third kappa shape index (κ3) is 6.35. The zero-order chi connectivity index (χ0) is 30.6. The molecule has 0 saturated carbocycles. The lowest BCUT2D eigenvalue weighted by atomic mass is 9.93. The quantitative estimate of drug-likeness (QED) is 0.224. The molecule has 2 amide bonds. The Hall–Kier alpha value is -4.94. The first-order chi connectivity index (χ1) is 20.0. The van der Waals surface area contributed by atoms with E-state index in [0.29, 0.717) is 35.7 Å². The number of aryl methyl sites for hydroxylation is 3. The van der Waals surface area contributed by atoms with E-state index in [1.807, 2.05) is 64.1 Å². The number of carbonyl (C=O) groups is 2. The summed E-state index contributed by atoms with van der Waals surface area (Å²) in [6, 6.07) is 15.3. The van der Waals surface area contributed by atoms with Gasteiger partial charge in [0.1, 0.15) is 11.6 Å². The monoisotopic (exact) mass is 564 g/mol. The van der Waals surface area contributed by atoms with Gasteiger partial charge in [-0.05, 0) is 80.1 Å². The number of aromatic nitrogens is 2. The van der Waals surface area contributed by atoms with Crippen LogP contribution in [-0.2, 0) is 17.8 Å². The number of nitrogens with two attached hydrogens (primary N) is 2. The van der Waals surface area contributed by atoms with Crippen molar-refractivity contribution in [2.75, 3.05) is 7.11 Å². The van der Waals surface area contributed by atoms with Crippen LogP contribution < -0.4 is 16.2 Å². The third-order valence-electron chi connectivity index (χ3n) is 7.59. The molecule has 1 aromatic heterocycles. The van der Waals surface area contributed by atoms with E-state index in [1.54, 1.807) is 36.4 Å². The highest BCUT2D eigenvalue weighted by Crippen LogP contribution is 2.31. The van der Waals surface area contributed by atoms with Crippen molar-refractivity contribution >= 4 is 17.5 Å². The van der Waals surface area contributed by atoms with Crippen LogP contribution in [0.1, 0.15) is 57.0 Å². The summed E-state index contributed by atoms with van der Waals surface area (Å²) in [6.07, 6.45) is 1.98. The molecular weight excluding hydrogens is 528 g/mol. The number of hydrogen-bond acceptors (Lipinski definition) is 5. The van der Waals surface area contributed by atoms with E-state index in [1.165, 1.54) is 0 Å². The molecule has 0 aliphatic heterocycles. The van der Waals surface area contributed by atoms with Gasteiger partial charge in [0, 0.05) is 17.7 Å². The van der Waals surface area contributed by atoms with Crippen molar-refractivity contribution < 1.29 is 14.3 Å². The first-order valence-electron chi connectivity index (χ1n) is 13.6. The highest BCUT2D eigenvalue weighted by Gasteiger charge is 2.29. The topological polar surface area (TPSA) is 132 Å². The Balaban J connectivity index is 1.67. The summed E-state index contributed by atoms with van der Waals surface area (Å²) in [4.78, 5) is 39.1. The number of H-pyrrole nitrogens is 1. The maximum Gasteiger partial charge on any atom is 0.248 e. The van der Waals surface area contributed by atoms with Crippen molar-refractivity contribution in [2.24, 2.45) is 11.5 Å². The molecule has 0 fully saturated rings. The number of para-hydroxylation sites is 1. The molecule has 4 rings (SSSR count). The van der Waals surface area contributed by atoms with Gasteiger partial charge < -0.3 is 26.1 Å². The van der Waals surface area contributed by atoms with Crippen LogP contribution >= 0.6 is 0 Å². The van der Waals surface area contributed by atoms with Crippen LogP contribution in [0, 0.1) is 27.3 Å². The van der Waals surface area contributed by atoms with Crippen molar-refractivity contribution in [3.63, 3.8) is 0 Å². The zero-order valence-corrected chi connectivity index (χ0v) is 24.6. The molecule has 0 aliphatic carbocycles. The molecule has 0 bridgehead atoms. The fraction of sp³-hybridized carbons (Fsp3) is 0.273. The lowest BCUT2D eigenvalue weighted by Gasteiger charge is -2.31. The first-order valence-corrected chi connectivity index (χ1v) is 13.6. The third-order valence-corrected chi connectivity index (χ3v) is 7.59. The Labute approximate surface area is 246 Å². The maximum absolute atomic E-state index is 14.1. The normalized spacial score (nSPS) is 12.3. The Morgan fingerprint density at radius 1 is 1.07 bits per heavy atom. The van der Waals surface area contributed by atoms with E-state index in [-0.39, 0.29) is 5.91 Å². The number of aromatic amines is 1. The molecule has 3 aromatic carbocycles. The molecule has 0 spiro atoms. The van der Waals surface area contributed by atoms with Crippen molar-refractivity contribution in [2.45, 2.75) is 52.7 Å². The smallest absolute Gasteiger partial charge is 0.248 e. The van der Waals surface area contributed by atoms with E-state index in [9.17, 15) is 9.59 Å². The minimum Gasteiger partial charge on any atom is -0.496 e. The second-order valence-electron chi connectivity index (χ2n) is 10.5. The van der Waals surface area contributed by atoms with Gasteiger partial charge in [0.25, 0.3) is 0 Å². The molecule has 0 aliphatic rings. The van der Waals surface area contributed by atoms with E-state index in [2.05, 4.69) is 14.8 Å². The Morgan fingerprint density at radius 3 is 2.38 bits per heavy atom. The van der Waals surface area contributed by atoms with Crippen LogP contribution in [-0.4, -0.2) is 39.8 Å². The minimum atomic E-state index is -0.846. The van der Waals surface area contributed by atoms with Crippen LogP contribution in [0.3, 0.4) is 0 Å². The number of imidazole rings is 1. The molecule has 0 unspecified atom stereocenters. The maximum atomic E-state index is 14.1. The number of carbonyl (C=O) groups excluding carboxylic acids is 2. The Morgan fingerprint density at radius 2 is 1.76 bits per heavy atom. The largest absolute Gasteiger partial charge is 0.496 e. The number of rotatable bonds is 10. The molecule has 1 heterocycles. The van der Waals surface area contributed by atoms with Gasteiger partial charge in [-0.25, -0.2) is 9.83 Å². The van der Waals surface area contributed by atoms with Crippen molar-refractivity contribution in [1.82, 2.24) is 14.9 Å². The second kappa shape index (κ2) is 12.7. The summed E-state index contributed by atoms with van der Waals surface area (Å²) < 4.78 is 5.42. The van der Waals surface area contributed by atoms with E-state index in [0.717, 1.165) is 39.1 Å². The van der Waals surface area contributed by atoms with Crippen molar-refractivity contribution in [3.05, 3.63) is 111 Å². The first kappa shape index (κ1) is 30.0. The minimum absolute atomic E-state index is 0.242. The summed E-state index contributed by atoms with van der Waals surface area (Å²) in [5.41, 5.74) is 18.9. The number of ether oxygens (including phenoxy) is 1. The zero-order valence-electron chi connectivity index (χ0n) is 24.6. The van der Waals surface area contributed by atoms with Crippen LogP contribution in [0.4, 0.5) is 5.69 Å². The molecule has 5 N–H and O–H groups in total. The number of methoxy groups -OCH3 is 1. The number of primary amides is 1. The lowest BCUT2D eigenvalue weighted by molar-refractivity contribution is -0.135. The summed E-state index contributed by atoms with van der Waals surface area (Å²) in [6.45, 7) is 15.4. The molecule has 42 heavy (non-hydrogen) atoms. The number of benzene rings is 3. The SMILES string of the molecule is [C-]#[N+]c1ccccc1-c1cnc([C@H](C)N(Cc2ccc(OC)c(C)c2)C(=O)[C@@H](N)Cc2c(C)cc(C(N)=O)cc2C)[nH]1. The second-order valence-corrected chi connectivity index (χ2v) is 10.5.